The summed E-state index contributed by atoms with van der Waals surface area (Å²) in [5, 5.41) is 3.01. The van der Waals surface area contributed by atoms with E-state index in [9.17, 15) is 9.59 Å². The van der Waals surface area contributed by atoms with Crippen LogP contribution in [-0.4, -0.2) is 47.8 Å². The number of carbonyl (C=O) groups excluding carboxylic acids is 2. The van der Waals surface area contributed by atoms with Crippen molar-refractivity contribution >= 4 is 17.5 Å². The number of nitrogens with one attached hydrogen (secondary N) is 1. The predicted octanol–water partition coefficient (Wildman–Crippen LogP) is 2.62. The fraction of sp³-hybridized carbons (Fsp3) is 0.579. The highest BCUT2D eigenvalue weighted by molar-refractivity contribution is 5.95. The number of para-hydroxylation sites is 1. The van der Waals surface area contributed by atoms with E-state index in [0.29, 0.717) is 13.0 Å². The Morgan fingerprint density at radius 3 is 2.54 bits per heavy atom. The quantitative estimate of drug-likeness (QED) is 0.903. The zero-order chi connectivity index (χ0) is 16.8. The molecular weight excluding hydrogens is 302 g/mol. The number of anilines is 1. The molecule has 2 heterocycles. The number of carbonyl (C=O) groups is 2. The first-order valence-electron chi connectivity index (χ1n) is 9.10. The zero-order valence-corrected chi connectivity index (χ0v) is 14.3. The molecule has 2 amide bonds. The second-order valence-electron chi connectivity index (χ2n) is 6.81. The van der Waals surface area contributed by atoms with Crippen LogP contribution in [0, 0.1) is 0 Å². The van der Waals surface area contributed by atoms with Crippen molar-refractivity contribution in [2.75, 3.05) is 31.5 Å². The molecule has 0 saturated carbocycles. The summed E-state index contributed by atoms with van der Waals surface area (Å²) in [6.07, 6.45) is 6.33. The van der Waals surface area contributed by atoms with Crippen LogP contribution >= 0.6 is 0 Å². The lowest BCUT2D eigenvalue weighted by molar-refractivity contribution is -0.136. The Morgan fingerprint density at radius 1 is 1.00 bits per heavy atom. The maximum Gasteiger partial charge on any atom is 0.244 e. The van der Waals surface area contributed by atoms with Crippen molar-refractivity contribution in [2.45, 2.75) is 45.1 Å². The van der Waals surface area contributed by atoms with Crippen molar-refractivity contribution in [3.63, 3.8) is 0 Å². The lowest BCUT2D eigenvalue weighted by Crippen LogP contribution is -2.40. The highest BCUT2D eigenvalue weighted by Crippen LogP contribution is 2.20. The largest absolute Gasteiger partial charge is 0.333 e. The minimum atomic E-state index is -0.101. The van der Waals surface area contributed by atoms with Gasteiger partial charge in [0, 0.05) is 25.2 Å². The summed E-state index contributed by atoms with van der Waals surface area (Å²) < 4.78 is 0. The van der Waals surface area contributed by atoms with Crippen LogP contribution in [0.25, 0.3) is 0 Å². The maximum absolute atomic E-state index is 12.4. The number of rotatable bonds is 5. The van der Waals surface area contributed by atoms with Crippen molar-refractivity contribution in [1.82, 2.24) is 9.80 Å². The van der Waals surface area contributed by atoms with Gasteiger partial charge in [0.05, 0.1) is 6.54 Å². The molecule has 2 fully saturated rings. The van der Waals surface area contributed by atoms with Gasteiger partial charge in [0.15, 0.2) is 0 Å². The molecule has 0 bridgehead atoms. The number of likely N-dealkylation sites (tertiary alicyclic amines) is 2. The predicted molar refractivity (Wildman–Crippen MR) is 94.6 cm³/mol. The van der Waals surface area contributed by atoms with E-state index in [1.807, 2.05) is 18.2 Å². The molecule has 2 aliphatic heterocycles. The van der Waals surface area contributed by atoms with Crippen LogP contribution in [0.2, 0.25) is 0 Å². The van der Waals surface area contributed by atoms with Gasteiger partial charge in [-0.3, -0.25) is 14.5 Å². The number of hydrogen-bond acceptors (Lipinski definition) is 3. The molecule has 2 saturated heterocycles. The maximum atomic E-state index is 12.4. The molecule has 5 heteroatoms. The smallest absolute Gasteiger partial charge is 0.244 e. The number of hydrogen-bond donors (Lipinski definition) is 1. The number of piperidine rings is 2. The van der Waals surface area contributed by atoms with Gasteiger partial charge in [0.25, 0.3) is 0 Å². The molecular formula is C19H27N3O2. The third-order valence-electron chi connectivity index (χ3n) is 4.89. The minimum absolute atomic E-state index is 0.0954. The first-order valence-corrected chi connectivity index (χ1v) is 9.10. The highest BCUT2D eigenvalue weighted by Gasteiger charge is 2.21. The number of benzene rings is 1. The van der Waals surface area contributed by atoms with E-state index in [1.54, 1.807) is 4.90 Å². The zero-order valence-electron chi connectivity index (χ0n) is 14.3. The summed E-state index contributed by atoms with van der Waals surface area (Å²) in [5.74, 6) is -0.00524. The molecule has 0 unspecified atom stereocenters. The van der Waals surface area contributed by atoms with Gasteiger partial charge < -0.3 is 10.2 Å². The average molecular weight is 329 g/mol. The molecule has 1 aromatic carbocycles. The van der Waals surface area contributed by atoms with Gasteiger partial charge in [-0.15, -0.1) is 0 Å². The molecule has 1 N–H and O–H groups in total. The molecule has 5 nitrogen and oxygen atoms in total. The lowest BCUT2D eigenvalue weighted by Gasteiger charge is -2.28. The van der Waals surface area contributed by atoms with E-state index in [0.717, 1.165) is 43.7 Å². The molecule has 130 valence electrons. The third kappa shape index (κ3) is 4.57. The summed E-state index contributed by atoms with van der Waals surface area (Å²) in [6.45, 7) is 3.99. The second kappa shape index (κ2) is 8.29. The first kappa shape index (κ1) is 17.0. The molecule has 1 aromatic rings. The van der Waals surface area contributed by atoms with Gasteiger partial charge in [-0.25, -0.2) is 0 Å². The Hall–Kier alpha value is -1.88. The Morgan fingerprint density at radius 2 is 1.75 bits per heavy atom. The molecule has 2 aliphatic rings. The van der Waals surface area contributed by atoms with Gasteiger partial charge in [-0.1, -0.05) is 24.6 Å². The van der Waals surface area contributed by atoms with Gasteiger partial charge >= 0.3 is 0 Å². The van der Waals surface area contributed by atoms with Crippen LogP contribution < -0.4 is 5.32 Å². The standard InChI is InChI=1S/C19H27N3O2/c23-18(15-22-13-7-4-10-19(22)24)20-17-9-3-2-8-16(17)14-21-11-5-1-6-12-21/h2-3,8-9H,1,4-7,10-15H2,(H,20,23). The monoisotopic (exact) mass is 329 g/mol. The van der Waals surface area contributed by atoms with Crippen LogP contribution in [0.5, 0.6) is 0 Å². The van der Waals surface area contributed by atoms with Crippen molar-refractivity contribution < 1.29 is 9.59 Å². The fourth-order valence-corrected chi connectivity index (χ4v) is 3.53. The van der Waals surface area contributed by atoms with Crippen molar-refractivity contribution in [2.24, 2.45) is 0 Å². The van der Waals surface area contributed by atoms with Gasteiger partial charge in [-0.2, -0.15) is 0 Å². The Balaban J connectivity index is 1.59. The minimum Gasteiger partial charge on any atom is -0.333 e. The summed E-state index contributed by atoms with van der Waals surface area (Å²) in [7, 11) is 0. The van der Waals surface area contributed by atoms with E-state index in [-0.39, 0.29) is 18.4 Å². The average Bonchev–Trinajstić information content (AvgIpc) is 2.60. The van der Waals surface area contributed by atoms with Crippen LogP contribution in [0.3, 0.4) is 0 Å². The number of nitrogens with zero attached hydrogens (tertiary/aromatic N) is 2. The normalized spacial score (nSPS) is 19.3. The van der Waals surface area contributed by atoms with Crippen LogP contribution in [0.15, 0.2) is 24.3 Å². The SMILES string of the molecule is O=C(CN1CCCCC1=O)Nc1ccccc1CN1CCCCC1. The molecule has 0 aliphatic carbocycles. The molecule has 3 rings (SSSR count). The fourth-order valence-electron chi connectivity index (χ4n) is 3.53. The van der Waals surface area contributed by atoms with E-state index < -0.39 is 0 Å². The molecule has 0 aromatic heterocycles. The Kier molecular flexibility index (Phi) is 5.86. The van der Waals surface area contributed by atoms with E-state index in [2.05, 4.69) is 16.3 Å². The van der Waals surface area contributed by atoms with Crippen molar-refractivity contribution in [3.8, 4) is 0 Å². The summed E-state index contributed by atoms with van der Waals surface area (Å²) in [5.41, 5.74) is 2.02. The van der Waals surface area contributed by atoms with Crippen LogP contribution in [0.4, 0.5) is 5.69 Å². The topological polar surface area (TPSA) is 52.7 Å². The lowest BCUT2D eigenvalue weighted by atomic mass is 10.1. The van der Waals surface area contributed by atoms with Crippen LogP contribution in [0.1, 0.15) is 44.1 Å². The molecule has 0 spiro atoms. The molecule has 0 radical (unpaired) electrons. The second-order valence-corrected chi connectivity index (χ2v) is 6.81. The summed E-state index contributed by atoms with van der Waals surface area (Å²) in [4.78, 5) is 28.3. The highest BCUT2D eigenvalue weighted by atomic mass is 16.2. The van der Waals surface area contributed by atoms with Gasteiger partial charge in [0.2, 0.25) is 11.8 Å². The first-order chi connectivity index (χ1) is 11.7. The van der Waals surface area contributed by atoms with Gasteiger partial charge in [0.1, 0.15) is 0 Å². The van der Waals surface area contributed by atoms with Gasteiger partial charge in [-0.05, 0) is 50.4 Å². The molecule has 0 atom stereocenters. The summed E-state index contributed by atoms with van der Waals surface area (Å²) in [6, 6.07) is 8.00. The number of amides is 2. The Labute approximate surface area is 144 Å². The van der Waals surface area contributed by atoms with E-state index >= 15 is 0 Å². The molecule has 24 heavy (non-hydrogen) atoms. The Bertz CT molecular complexity index is 582. The van der Waals surface area contributed by atoms with Crippen LogP contribution in [-0.2, 0) is 16.1 Å². The summed E-state index contributed by atoms with van der Waals surface area (Å²) >= 11 is 0. The van der Waals surface area contributed by atoms with Crippen molar-refractivity contribution in [1.29, 1.82) is 0 Å². The third-order valence-corrected chi connectivity index (χ3v) is 4.89. The van der Waals surface area contributed by atoms with E-state index in [1.165, 1.54) is 19.3 Å². The van der Waals surface area contributed by atoms with E-state index in [4.69, 9.17) is 0 Å². The van der Waals surface area contributed by atoms with Crippen molar-refractivity contribution in [3.05, 3.63) is 29.8 Å².